The zero-order chi connectivity index (χ0) is 20.9. The maximum absolute atomic E-state index is 12.0. The van der Waals surface area contributed by atoms with Gasteiger partial charge in [0.25, 0.3) is 0 Å². The Hall–Kier alpha value is -2.83. The summed E-state index contributed by atoms with van der Waals surface area (Å²) in [5.41, 5.74) is 2.46. The summed E-state index contributed by atoms with van der Waals surface area (Å²) in [6, 6.07) is 19.3. The maximum atomic E-state index is 12.0. The van der Waals surface area contributed by atoms with Gasteiger partial charge in [-0.1, -0.05) is 18.2 Å². The molecule has 1 aliphatic heterocycles. The number of piperidine rings is 1. The minimum Gasteiger partial charge on any atom is -0.457 e. The number of benzene rings is 2. The standard InChI is InChI=1S/C23H24ClN3O3/c24-14-23(29)26-12-4-5-18(15-26)27-19(16-28)13-22(25-27)17-8-10-21(11-9-17)30-20-6-2-1-3-7-20/h1-3,6-11,13,18,28H,4-5,12,14-16H2. The van der Waals surface area contributed by atoms with Crippen LogP contribution < -0.4 is 4.74 Å². The van der Waals surface area contributed by atoms with Gasteiger partial charge in [0.05, 0.1) is 24.0 Å². The molecule has 0 radical (unpaired) electrons. The molecule has 0 bridgehead atoms. The van der Waals surface area contributed by atoms with Crippen LogP contribution in [0.15, 0.2) is 60.7 Å². The number of para-hydroxylation sites is 1. The Kier molecular flexibility index (Phi) is 6.35. The number of alkyl halides is 1. The summed E-state index contributed by atoms with van der Waals surface area (Å²) in [6.45, 7) is 1.17. The van der Waals surface area contributed by atoms with Crippen LogP contribution in [0.1, 0.15) is 24.6 Å². The number of halogens is 1. The van der Waals surface area contributed by atoms with Gasteiger partial charge in [-0.3, -0.25) is 9.48 Å². The highest BCUT2D eigenvalue weighted by atomic mass is 35.5. The molecule has 4 rings (SSSR count). The molecule has 156 valence electrons. The molecular formula is C23H24ClN3O3. The number of amides is 1. The average molecular weight is 426 g/mol. The molecule has 1 aliphatic rings. The molecule has 6 nitrogen and oxygen atoms in total. The van der Waals surface area contributed by atoms with Gasteiger partial charge in [-0.15, -0.1) is 11.6 Å². The van der Waals surface area contributed by atoms with E-state index < -0.39 is 0 Å². The van der Waals surface area contributed by atoms with E-state index in [1.54, 1.807) is 4.90 Å². The highest BCUT2D eigenvalue weighted by Crippen LogP contribution is 2.29. The van der Waals surface area contributed by atoms with E-state index in [1.165, 1.54) is 0 Å². The molecule has 30 heavy (non-hydrogen) atoms. The second-order valence-corrected chi connectivity index (χ2v) is 7.60. The van der Waals surface area contributed by atoms with Gasteiger partial charge in [-0.25, -0.2) is 0 Å². The van der Waals surface area contributed by atoms with Crippen LogP contribution in [0.4, 0.5) is 0 Å². The molecule has 3 aromatic rings. The van der Waals surface area contributed by atoms with E-state index in [0.717, 1.165) is 41.3 Å². The predicted octanol–water partition coefficient (Wildman–Crippen LogP) is 4.24. The molecular weight excluding hydrogens is 402 g/mol. The number of nitrogens with zero attached hydrogens (tertiary/aromatic N) is 3. The molecule has 1 N–H and O–H groups in total. The first-order chi connectivity index (χ1) is 14.7. The number of ether oxygens (including phenoxy) is 1. The molecule has 1 aromatic heterocycles. The lowest BCUT2D eigenvalue weighted by atomic mass is 10.1. The van der Waals surface area contributed by atoms with Gasteiger partial charge in [0.1, 0.15) is 17.4 Å². The number of aliphatic hydroxyl groups excluding tert-OH is 1. The van der Waals surface area contributed by atoms with Crippen molar-refractivity contribution in [2.45, 2.75) is 25.5 Å². The fraction of sp³-hybridized carbons (Fsp3) is 0.304. The lowest BCUT2D eigenvalue weighted by Gasteiger charge is -2.33. The van der Waals surface area contributed by atoms with Gasteiger partial charge in [0, 0.05) is 18.7 Å². The number of hydrogen-bond donors (Lipinski definition) is 1. The second kappa shape index (κ2) is 9.32. The number of aromatic nitrogens is 2. The molecule has 1 unspecified atom stereocenters. The number of hydrogen-bond acceptors (Lipinski definition) is 4. The number of carbonyl (C=O) groups excluding carboxylic acids is 1. The van der Waals surface area contributed by atoms with E-state index in [4.69, 9.17) is 21.4 Å². The normalized spacial score (nSPS) is 16.5. The quantitative estimate of drug-likeness (QED) is 0.600. The van der Waals surface area contributed by atoms with Crippen molar-refractivity contribution < 1.29 is 14.6 Å². The first-order valence-corrected chi connectivity index (χ1v) is 10.6. The summed E-state index contributed by atoms with van der Waals surface area (Å²) in [5.74, 6) is 1.45. The van der Waals surface area contributed by atoms with Gasteiger partial charge in [-0.05, 0) is 55.3 Å². The van der Waals surface area contributed by atoms with Crippen LogP contribution in [0.2, 0.25) is 0 Å². The van der Waals surface area contributed by atoms with Crippen molar-refractivity contribution in [2.75, 3.05) is 19.0 Å². The summed E-state index contributed by atoms with van der Waals surface area (Å²) in [7, 11) is 0. The number of likely N-dealkylation sites (tertiary alicyclic amines) is 1. The first kappa shape index (κ1) is 20.4. The van der Waals surface area contributed by atoms with Crippen molar-refractivity contribution in [3.63, 3.8) is 0 Å². The van der Waals surface area contributed by atoms with Crippen molar-refractivity contribution in [3.05, 3.63) is 66.4 Å². The zero-order valence-electron chi connectivity index (χ0n) is 16.6. The Labute approximate surface area is 180 Å². The smallest absolute Gasteiger partial charge is 0.237 e. The average Bonchev–Trinajstić information content (AvgIpc) is 3.24. The van der Waals surface area contributed by atoms with Crippen LogP contribution in [0.3, 0.4) is 0 Å². The third kappa shape index (κ3) is 4.50. The zero-order valence-corrected chi connectivity index (χ0v) is 17.3. The third-order valence-electron chi connectivity index (χ3n) is 5.31. The van der Waals surface area contributed by atoms with Crippen LogP contribution in [0.5, 0.6) is 11.5 Å². The number of aliphatic hydroxyl groups is 1. The van der Waals surface area contributed by atoms with E-state index in [0.29, 0.717) is 13.1 Å². The Morgan fingerprint density at radius 1 is 1.13 bits per heavy atom. The molecule has 2 heterocycles. The van der Waals surface area contributed by atoms with Crippen molar-refractivity contribution in [1.82, 2.24) is 14.7 Å². The molecule has 1 atom stereocenters. The van der Waals surface area contributed by atoms with E-state index in [9.17, 15) is 9.90 Å². The maximum Gasteiger partial charge on any atom is 0.237 e. The Morgan fingerprint density at radius 2 is 1.87 bits per heavy atom. The molecule has 0 saturated carbocycles. The van der Waals surface area contributed by atoms with Crippen molar-refractivity contribution in [3.8, 4) is 22.8 Å². The molecule has 7 heteroatoms. The molecule has 0 aliphatic carbocycles. The second-order valence-electron chi connectivity index (χ2n) is 7.33. The molecule has 2 aromatic carbocycles. The van der Waals surface area contributed by atoms with Crippen molar-refractivity contribution >= 4 is 17.5 Å². The summed E-state index contributed by atoms with van der Waals surface area (Å²) >= 11 is 5.72. The minimum absolute atomic E-state index is 0.0126. The highest BCUT2D eigenvalue weighted by molar-refractivity contribution is 6.27. The summed E-state index contributed by atoms with van der Waals surface area (Å²) < 4.78 is 7.70. The molecule has 1 saturated heterocycles. The Balaban J connectivity index is 1.53. The van der Waals surface area contributed by atoms with E-state index in [-0.39, 0.29) is 24.4 Å². The van der Waals surface area contributed by atoms with Gasteiger partial charge in [0.15, 0.2) is 0 Å². The van der Waals surface area contributed by atoms with E-state index in [1.807, 2.05) is 65.3 Å². The van der Waals surface area contributed by atoms with E-state index in [2.05, 4.69) is 0 Å². The fourth-order valence-electron chi connectivity index (χ4n) is 3.79. The minimum atomic E-state index is -0.109. The number of carbonyl (C=O) groups is 1. The van der Waals surface area contributed by atoms with Crippen LogP contribution in [-0.4, -0.2) is 44.7 Å². The largest absolute Gasteiger partial charge is 0.457 e. The fourth-order valence-corrected chi connectivity index (χ4v) is 3.96. The third-order valence-corrected chi connectivity index (χ3v) is 5.54. The summed E-state index contributed by atoms with van der Waals surface area (Å²) in [6.07, 6.45) is 1.79. The monoisotopic (exact) mass is 425 g/mol. The Bertz CT molecular complexity index is 989. The molecule has 1 fully saturated rings. The lowest BCUT2D eigenvalue weighted by Crippen LogP contribution is -2.41. The lowest BCUT2D eigenvalue weighted by molar-refractivity contribution is -0.130. The SMILES string of the molecule is O=C(CCl)N1CCCC(n2nc(-c3ccc(Oc4ccccc4)cc3)cc2CO)C1. The first-order valence-electron chi connectivity index (χ1n) is 10.0. The van der Waals surface area contributed by atoms with Crippen LogP contribution in [0, 0.1) is 0 Å². The van der Waals surface area contributed by atoms with Crippen LogP contribution >= 0.6 is 11.6 Å². The summed E-state index contributed by atoms with van der Waals surface area (Å²) in [4.78, 5) is 13.8. The number of rotatable bonds is 6. The van der Waals surface area contributed by atoms with Crippen molar-refractivity contribution in [1.29, 1.82) is 0 Å². The van der Waals surface area contributed by atoms with Gasteiger partial charge in [0.2, 0.25) is 5.91 Å². The van der Waals surface area contributed by atoms with Crippen LogP contribution in [0.25, 0.3) is 11.3 Å². The highest BCUT2D eigenvalue weighted by Gasteiger charge is 2.26. The van der Waals surface area contributed by atoms with Crippen molar-refractivity contribution in [2.24, 2.45) is 0 Å². The molecule has 1 amide bonds. The van der Waals surface area contributed by atoms with Gasteiger partial charge in [-0.2, -0.15) is 5.10 Å². The van der Waals surface area contributed by atoms with Gasteiger partial charge < -0.3 is 14.7 Å². The Morgan fingerprint density at radius 3 is 2.57 bits per heavy atom. The topological polar surface area (TPSA) is 67.6 Å². The van der Waals surface area contributed by atoms with Crippen LogP contribution in [-0.2, 0) is 11.4 Å². The molecule has 0 spiro atoms. The predicted molar refractivity (Wildman–Crippen MR) is 116 cm³/mol. The summed E-state index contributed by atoms with van der Waals surface area (Å²) in [5, 5.41) is 14.6. The van der Waals surface area contributed by atoms with Gasteiger partial charge >= 0.3 is 0 Å². The van der Waals surface area contributed by atoms with E-state index >= 15 is 0 Å².